The third-order valence-electron chi connectivity index (χ3n) is 6.33. The van der Waals surface area contributed by atoms with Crippen LogP contribution in [0.3, 0.4) is 0 Å². The minimum Gasteiger partial charge on any atom is -0.339 e. The van der Waals surface area contributed by atoms with Crippen LogP contribution in [-0.4, -0.2) is 41.9 Å². The molecular formula is C22H22F2N4O4S2. The molecule has 180 valence electrons. The van der Waals surface area contributed by atoms with Gasteiger partial charge in [0, 0.05) is 41.9 Å². The number of hydrogen-bond acceptors (Lipinski definition) is 7. The molecule has 1 amide bonds. The third-order valence-corrected chi connectivity index (χ3v) is 9.65. The fraction of sp³-hybridized carbons (Fsp3) is 0.409. The van der Waals surface area contributed by atoms with Crippen LogP contribution in [0, 0.1) is 17.6 Å². The van der Waals surface area contributed by atoms with Crippen molar-refractivity contribution >= 4 is 33.0 Å². The van der Waals surface area contributed by atoms with Gasteiger partial charge in [-0.15, -0.1) is 11.3 Å². The fourth-order valence-electron chi connectivity index (χ4n) is 4.06. The number of rotatable bonds is 6. The number of halogens is 2. The van der Waals surface area contributed by atoms with E-state index in [-0.39, 0.29) is 35.8 Å². The summed E-state index contributed by atoms with van der Waals surface area (Å²) in [5.41, 5.74) is 0.359. The van der Waals surface area contributed by atoms with E-state index in [1.54, 1.807) is 11.4 Å². The van der Waals surface area contributed by atoms with Crippen molar-refractivity contribution in [1.29, 1.82) is 0 Å². The lowest BCUT2D eigenvalue weighted by Crippen LogP contribution is -2.41. The van der Waals surface area contributed by atoms with Gasteiger partial charge < -0.3 is 9.84 Å². The van der Waals surface area contributed by atoms with Crippen LogP contribution >= 0.6 is 11.3 Å². The van der Waals surface area contributed by atoms with Crippen LogP contribution in [0.5, 0.6) is 0 Å². The Labute approximate surface area is 199 Å². The average Bonchev–Trinajstić information content (AvgIpc) is 3.45. The Balaban J connectivity index is 1.22. The number of nitrogens with one attached hydrogen (secondary N) is 1. The van der Waals surface area contributed by atoms with Crippen LogP contribution in [0.1, 0.15) is 43.9 Å². The first kappa shape index (κ1) is 23.1. The highest BCUT2D eigenvalue weighted by Gasteiger charge is 2.34. The number of carbonyl (C=O) groups is 1. The highest BCUT2D eigenvalue weighted by atomic mass is 32.2. The van der Waals surface area contributed by atoms with Crippen molar-refractivity contribution in [1.82, 2.24) is 14.4 Å². The Hall–Kier alpha value is -2.70. The summed E-state index contributed by atoms with van der Waals surface area (Å²) in [6, 6.07) is 4.37. The summed E-state index contributed by atoms with van der Waals surface area (Å²) in [5.74, 6) is -1.09. The lowest BCUT2D eigenvalue weighted by molar-refractivity contribution is -0.120. The molecule has 1 aliphatic carbocycles. The first-order valence-corrected chi connectivity index (χ1v) is 13.3. The SMILES string of the molecule is O=C(Nc1cc(F)ccc1F)C1CCN(S(=O)(=O)c2cc(-c3noc(C4CCC4)n3)cs2)CC1. The van der Waals surface area contributed by atoms with E-state index in [1.165, 1.54) is 4.31 Å². The summed E-state index contributed by atoms with van der Waals surface area (Å²) in [6.07, 6.45) is 3.74. The van der Waals surface area contributed by atoms with Crippen molar-refractivity contribution < 1.29 is 26.5 Å². The maximum absolute atomic E-state index is 13.8. The lowest BCUT2D eigenvalue weighted by atomic mass is 9.85. The van der Waals surface area contributed by atoms with Crippen molar-refractivity contribution in [3.05, 3.63) is 47.2 Å². The largest absolute Gasteiger partial charge is 0.339 e. The molecule has 1 aliphatic heterocycles. The first-order valence-electron chi connectivity index (χ1n) is 11.0. The van der Waals surface area contributed by atoms with Crippen LogP contribution in [0.15, 0.2) is 38.4 Å². The number of hydrogen-bond donors (Lipinski definition) is 1. The zero-order chi connectivity index (χ0) is 23.9. The van der Waals surface area contributed by atoms with Gasteiger partial charge in [0.05, 0.1) is 5.69 Å². The molecule has 1 saturated heterocycles. The number of benzene rings is 1. The number of amides is 1. The van der Waals surface area contributed by atoms with Gasteiger partial charge in [-0.05, 0) is 43.9 Å². The predicted octanol–water partition coefficient (Wildman–Crippen LogP) is 4.38. The van der Waals surface area contributed by atoms with Gasteiger partial charge in [-0.1, -0.05) is 11.6 Å². The summed E-state index contributed by atoms with van der Waals surface area (Å²) >= 11 is 1.09. The van der Waals surface area contributed by atoms with E-state index >= 15 is 0 Å². The molecule has 0 radical (unpaired) electrons. The molecule has 2 aromatic heterocycles. The number of piperidine rings is 1. The molecule has 1 saturated carbocycles. The van der Waals surface area contributed by atoms with E-state index in [4.69, 9.17) is 4.52 Å². The molecule has 0 unspecified atom stereocenters. The lowest BCUT2D eigenvalue weighted by Gasteiger charge is -2.30. The second-order valence-electron chi connectivity index (χ2n) is 8.53. The minimum absolute atomic E-state index is 0.146. The first-order chi connectivity index (χ1) is 16.3. The molecule has 2 aliphatic rings. The van der Waals surface area contributed by atoms with E-state index in [2.05, 4.69) is 15.5 Å². The standard InChI is InChI=1S/C22H22F2N4O4S2/c23-16-4-5-17(24)18(11-16)25-21(29)13-6-8-28(9-7-13)34(30,31)19-10-15(12-33-19)20-26-22(32-27-20)14-2-1-3-14/h4-5,10-14H,1-3,6-9H2,(H,25,29). The Morgan fingerprint density at radius 3 is 2.62 bits per heavy atom. The smallest absolute Gasteiger partial charge is 0.252 e. The van der Waals surface area contributed by atoms with Gasteiger partial charge in [-0.25, -0.2) is 17.2 Å². The van der Waals surface area contributed by atoms with E-state index in [0.29, 0.717) is 23.2 Å². The molecule has 0 spiro atoms. The second kappa shape index (κ2) is 9.16. The van der Waals surface area contributed by atoms with E-state index in [1.807, 2.05) is 0 Å². The van der Waals surface area contributed by atoms with Crippen molar-refractivity contribution in [3.63, 3.8) is 0 Å². The molecular weight excluding hydrogens is 486 g/mol. The van der Waals surface area contributed by atoms with Gasteiger partial charge in [0.25, 0.3) is 10.0 Å². The van der Waals surface area contributed by atoms with Gasteiger partial charge in [-0.2, -0.15) is 9.29 Å². The summed E-state index contributed by atoms with van der Waals surface area (Å²) in [7, 11) is -3.75. The predicted molar refractivity (Wildman–Crippen MR) is 121 cm³/mol. The Bertz CT molecular complexity index is 1310. The summed E-state index contributed by atoms with van der Waals surface area (Å²) in [5, 5.41) is 8.08. The van der Waals surface area contributed by atoms with Crippen molar-refractivity contribution in [3.8, 4) is 11.4 Å². The van der Waals surface area contributed by atoms with Crippen LogP contribution in [0.4, 0.5) is 14.5 Å². The maximum Gasteiger partial charge on any atom is 0.252 e. The van der Waals surface area contributed by atoms with E-state index in [9.17, 15) is 22.0 Å². The van der Waals surface area contributed by atoms with Crippen LogP contribution < -0.4 is 5.32 Å². The topological polar surface area (TPSA) is 105 Å². The number of thiophene rings is 1. The Morgan fingerprint density at radius 1 is 1.15 bits per heavy atom. The van der Waals surface area contributed by atoms with Crippen LogP contribution in [0.25, 0.3) is 11.4 Å². The summed E-state index contributed by atoms with van der Waals surface area (Å²) in [6.45, 7) is 0.292. The zero-order valence-electron chi connectivity index (χ0n) is 18.0. The summed E-state index contributed by atoms with van der Waals surface area (Å²) in [4.78, 5) is 16.9. The van der Waals surface area contributed by atoms with E-state index < -0.39 is 33.5 Å². The molecule has 3 heterocycles. The molecule has 0 bridgehead atoms. The van der Waals surface area contributed by atoms with Gasteiger partial charge in [0.15, 0.2) is 0 Å². The molecule has 2 fully saturated rings. The highest BCUT2D eigenvalue weighted by molar-refractivity contribution is 7.91. The van der Waals surface area contributed by atoms with Gasteiger partial charge in [-0.3, -0.25) is 4.79 Å². The Kier molecular flexibility index (Phi) is 6.21. The van der Waals surface area contributed by atoms with Crippen molar-refractivity contribution in [2.45, 2.75) is 42.2 Å². The molecule has 12 heteroatoms. The number of carbonyl (C=O) groups excluding carboxylic acids is 1. The summed E-state index contributed by atoms with van der Waals surface area (Å²) < 4.78 is 60.2. The molecule has 8 nitrogen and oxygen atoms in total. The van der Waals surface area contributed by atoms with Gasteiger partial charge >= 0.3 is 0 Å². The molecule has 5 rings (SSSR count). The van der Waals surface area contributed by atoms with E-state index in [0.717, 1.165) is 48.8 Å². The number of anilines is 1. The fourth-order valence-corrected chi connectivity index (χ4v) is 6.84. The van der Waals surface area contributed by atoms with Crippen molar-refractivity contribution in [2.24, 2.45) is 5.92 Å². The third kappa shape index (κ3) is 4.49. The molecule has 1 aromatic carbocycles. The average molecular weight is 509 g/mol. The molecule has 1 N–H and O–H groups in total. The number of aromatic nitrogens is 2. The normalized spacial score (nSPS) is 18.1. The molecule has 3 aromatic rings. The number of nitrogens with zero attached hydrogens (tertiary/aromatic N) is 3. The van der Waals surface area contributed by atoms with Crippen LogP contribution in [0.2, 0.25) is 0 Å². The highest BCUT2D eigenvalue weighted by Crippen LogP contribution is 2.37. The van der Waals surface area contributed by atoms with Gasteiger partial charge in [0.2, 0.25) is 17.6 Å². The minimum atomic E-state index is -3.75. The quantitative estimate of drug-likeness (QED) is 0.530. The molecule has 34 heavy (non-hydrogen) atoms. The monoisotopic (exact) mass is 508 g/mol. The number of sulfonamides is 1. The maximum atomic E-state index is 13.8. The molecule has 0 atom stereocenters. The van der Waals surface area contributed by atoms with Crippen LogP contribution in [-0.2, 0) is 14.8 Å². The van der Waals surface area contributed by atoms with Gasteiger partial charge in [0.1, 0.15) is 15.8 Å². The van der Waals surface area contributed by atoms with Crippen molar-refractivity contribution in [2.75, 3.05) is 18.4 Å². The second-order valence-corrected chi connectivity index (χ2v) is 11.6. The zero-order valence-corrected chi connectivity index (χ0v) is 19.7. The Morgan fingerprint density at radius 2 is 1.91 bits per heavy atom.